The van der Waals surface area contributed by atoms with Crippen LogP contribution in [0.3, 0.4) is 0 Å². The molecule has 1 saturated heterocycles. The predicted octanol–water partition coefficient (Wildman–Crippen LogP) is 4.04. The van der Waals surface area contributed by atoms with E-state index < -0.39 is 10.0 Å². The first kappa shape index (κ1) is 19.6. The molecule has 6 heteroatoms. The second kappa shape index (κ2) is 7.82. The Morgan fingerprint density at radius 3 is 2.19 bits per heavy atom. The fourth-order valence-electron chi connectivity index (χ4n) is 3.51. The molecule has 1 N–H and O–H groups in total. The summed E-state index contributed by atoms with van der Waals surface area (Å²) in [6, 6.07) is 10.7. The fraction of sp³-hybridized carbons (Fsp3) is 0.381. The Morgan fingerprint density at radius 1 is 0.926 bits per heavy atom. The number of aryl methyl sites for hydroxylation is 3. The third kappa shape index (κ3) is 4.39. The van der Waals surface area contributed by atoms with Crippen molar-refractivity contribution in [2.24, 2.45) is 0 Å². The first-order chi connectivity index (χ1) is 12.8. The second-order valence-electron chi connectivity index (χ2n) is 7.28. The van der Waals surface area contributed by atoms with Gasteiger partial charge in [-0.05, 0) is 74.6 Å². The minimum absolute atomic E-state index is 0.220. The van der Waals surface area contributed by atoms with Gasteiger partial charge in [-0.15, -0.1) is 0 Å². The standard InChI is InChI=1S/C21H26N2O3S/c1-15-11-16(2)13-19(12-15)22-21(24)18-8-7-17(3)20(14-18)27(25,26)23-9-5-4-6-10-23/h7-8,11-14H,4-6,9-10H2,1-3H3,(H,22,24). The lowest BCUT2D eigenvalue weighted by atomic mass is 10.1. The number of nitrogens with one attached hydrogen (secondary N) is 1. The average molecular weight is 387 g/mol. The van der Waals surface area contributed by atoms with Gasteiger partial charge >= 0.3 is 0 Å². The van der Waals surface area contributed by atoms with Crippen molar-refractivity contribution in [2.45, 2.75) is 44.9 Å². The van der Waals surface area contributed by atoms with Crippen molar-refractivity contribution in [1.29, 1.82) is 0 Å². The zero-order valence-corrected chi connectivity index (χ0v) is 16.9. The fourth-order valence-corrected chi connectivity index (χ4v) is 5.28. The minimum Gasteiger partial charge on any atom is -0.322 e. The molecule has 0 radical (unpaired) electrons. The van der Waals surface area contributed by atoms with E-state index in [9.17, 15) is 13.2 Å². The Labute approximate surface area is 161 Å². The average Bonchev–Trinajstić information content (AvgIpc) is 2.61. The molecule has 27 heavy (non-hydrogen) atoms. The van der Waals surface area contributed by atoms with Crippen LogP contribution in [0, 0.1) is 20.8 Å². The van der Waals surface area contributed by atoms with Gasteiger partial charge < -0.3 is 5.32 Å². The molecule has 1 aliphatic rings. The monoisotopic (exact) mass is 386 g/mol. The van der Waals surface area contributed by atoms with Crippen LogP contribution < -0.4 is 5.32 Å². The summed E-state index contributed by atoms with van der Waals surface area (Å²) in [6.45, 7) is 6.79. The van der Waals surface area contributed by atoms with Crippen LogP contribution in [-0.2, 0) is 10.0 Å². The Bertz CT molecular complexity index is 941. The van der Waals surface area contributed by atoms with Crippen molar-refractivity contribution < 1.29 is 13.2 Å². The van der Waals surface area contributed by atoms with Crippen LogP contribution in [0.1, 0.15) is 46.3 Å². The number of carbonyl (C=O) groups is 1. The summed E-state index contributed by atoms with van der Waals surface area (Å²) in [5, 5.41) is 2.87. The maximum atomic E-state index is 13.0. The Kier molecular flexibility index (Phi) is 5.67. The van der Waals surface area contributed by atoms with Gasteiger partial charge in [-0.2, -0.15) is 4.31 Å². The van der Waals surface area contributed by atoms with Gasteiger partial charge in [0.25, 0.3) is 5.91 Å². The number of piperidine rings is 1. The van der Waals surface area contributed by atoms with Crippen LogP contribution in [-0.4, -0.2) is 31.7 Å². The van der Waals surface area contributed by atoms with Crippen LogP contribution in [0.15, 0.2) is 41.3 Å². The van der Waals surface area contributed by atoms with Gasteiger partial charge in [0.1, 0.15) is 0 Å². The Morgan fingerprint density at radius 2 is 1.56 bits per heavy atom. The van der Waals surface area contributed by atoms with Crippen molar-refractivity contribution >= 4 is 21.6 Å². The first-order valence-electron chi connectivity index (χ1n) is 9.28. The van der Waals surface area contributed by atoms with Crippen LogP contribution in [0.2, 0.25) is 0 Å². The minimum atomic E-state index is -3.58. The molecule has 0 spiro atoms. The molecule has 1 heterocycles. The smallest absolute Gasteiger partial charge is 0.255 e. The normalized spacial score (nSPS) is 15.5. The molecule has 1 amide bonds. The van der Waals surface area contributed by atoms with Crippen molar-refractivity contribution in [1.82, 2.24) is 4.31 Å². The van der Waals surface area contributed by atoms with Gasteiger partial charge in [0, 0.05) is 24.3 Å². The van der Waals surface area contributed by atoms with Crippen LogP contribution in [0.5, 0.6) is 0 Å². The van der Waals surface area contributed by atoms with Crippen LogP contribution in [0.25, 0.3) is 0 Å². The van der Waals surface area contributed by atoms with E-state index in [-0.39, 0.29) is 10.8 Å². The third-order valence-corrected chi connectivity index (χ3v) is 6.90. The summed E-state index contributed by atoms with van der Waals surface area (Å²) in [6.07, 6.45) is 2.82. The molecule has 0 aliphatic carbocycles. The number of anilines is 1. The van der Waals surface area contributed by atoms with E-state index in [1.807, 2.05) is 32.0 Å². The predicted molar refractivity (Wildman–Crippen MR) is 108 cm³/mol. The molecule has 2 aromatic carbocycles. The number of rotatable bonds is 4. The lowest BCUT2D eigenvalue weighted by Crippen LogP contribution is -2.36. The van der Waals surface area contributed by atoms with Crippen molar-refractivity contribution in [3.63, 3.8) is 0 Å². The molecule has 3 rings (SSSR count). The van der Waals surface area contributed by atoms with Crippen molar-refractivity contribution in [3.05, 3.63) is 58.7 Å². The molecule has 1 aliphatic heterocycles. The van der Waals surface area contributed by atoms with Gasteiger partial charge in [0.2, 0.25) is 10.0 Å². The van der Waals surface area contributed by atoms with E-state index in [1.165, 1.54) is 10.4 Å². The first-order valence-corrected chi connectivity index (χ1v) is 10.7. The zero-order chi connectivity index (χ0) is 19.6. The van der Waals surface area contributed by atoms with Crippen molar-refractivity contribution in [2.75, 3.05) is 18.4 Å². The summed E-state index contributed by atoms with van der Waals surface area (Å²) >= 11 is 0. The Hall–Kier alpha value is -2.18. The Balaban J connectivity index is 1.89. The number of hydrogen-bond donors (Lipinski definition) is 1. The molecule has 0 aromatic heterocycles. The molecule has 0 saturated carbocycles. The quantitative estimate of drug-likeness (QED) is 0.862. The molecule has 0 atom stereocenters. The zero-order valence-electron chi connectivity index (χ0n) is 16.1. The van der Waals surface area contributed by atoms with Gasteiger partial charge in [0.05, 0.1) is 4.90 Å². The van der Waals surface area contributed by atoms with Gasteiger partial charge in [-0.1, -0.05) is 18.6 Å². The summed E-state index contributed by atoms with van der Waals surface area (Å²) in [4.78, 5) is 12.9. The molecule has 1 fully saturated rings. The maximum Gasteiger partial charge on any atom is 0.255 e. The second-order valence-corrected chi connectivity index (χ2v) is 9.18. The lowest BCUT2D eigenvalue weighted by molar-refractivity contribution is 0.102. The SMILES string of the molecule is Cc1cc(C)cc(NC(=O)c2ccc(C)c(S(=O)(=O)N3CCCCC3)c2)c1. The molecular formula is C21H26N2O3S. The van der Waals surface area contributed by atoms with Crippen molar-refractivity contribution in [3.8, 4) is 0 Å². The highest BCUT2D eigenvalue weighted by Gasteiger charge is 2.28. The maximum absolute atomic E-state index is 13.0. The molecule has 5 nitrogen and oxygen atoms in total. The molecule has 0 unspecified atom stereocenters. The van der Waals surface area contributed by atoms with Gasteiger partial charge in [-0.25, -0.2) is 8.42 Å². The molecule has 144 valence electrons. The number of amides is 1. The van der Waals surface area contributed by atoms with E-state index in [0.29, 0.717) is 29.9 Å². The summed E-state index contributed by atoms with van der Waals surface area (Å²) in [5.41, 5.74) is 3.82. The number of sulfonamides is 1. The topological polar surface area (TPSA) is 66.5 Å². The lowest BCUT2D eigenvalue weighted by Gasteiger charge is -2.26. The highest BCUT2D eigenvalue weighted by molar-refractivity contribution is 7.89. The highest BCUT2D eigenvalue weighted by Crippen LogP contribution is 2.25. The summed E-state index contributed by atoms with van der Waals surface area (Å²) in [5.74, 6) is -0.310. The van der Waals surface area contributed by atoms with Gasteiger partial charge in [-0.3, -0.25) is 4.79 Å². The number of nitrogens with zero attached hydrogens (tertiary/aromatic N) is 1. The van der Waals surface area contributed by atoms with Crippen LogP contribution in [0.4, 0.5) is 5.69 Å². The highest BCUT2D eigenvalue weighted by atomic mass is 32.2. The van der Waals surface area contributed by atoms with Crippen LogP contribution >= 0.6 is 0 Å². The van der Waals surface area contributed by atoms with Gasteiger partial charge in [0.15, 0.2) is 0 Å². The van der Waals surface area contributed by atoms with E-state index in [2.05, 4.69) is 5.32 Å². The van der Waals surface area contributed by atoms with E-state index in [0.717, 1.165) is 30.4 Å². The summed E-state index contributed by atoms with van der Waals surface area (Å²) in [7, 11) is -3.58. The number of carbonyl (C=O) groups excluding carboxylic acids is 1. The summed E-state index contributed by atoms with van der Waals surface area (Å²) < 4.78 is 27.6. The molecule has 2 aromatic rings. The van der Waals surface area contributed by atoms with E-state index in [4.69, 9.17) is 0 Å². The number of hydrogen-bond acceptors (Lipinski definition) is 3. The van der Waals surface area contributed by atoms with E-state index in [1.54, 1.807) is 19.1 Å². The largest absolute Gasteiger partial charge is 0.322 e. The number of benzene rings is 2. The molecule has 0 bridgehead atoms. The van der Waals surface area contributed by atoms with E-state index >= 15 is 0 Å². The third-order valence-electron chi connectivity index (χ3n) is 4.86. The molecular weight excluding hydrogens is 360 g/mol.